The highest BCUT2D eigenvalue weighted by molar-refractivity contribution is 5.67. The average molecular weight is 404 g/mol. The Hall–Kier alpha value is -3.32. The van der Waals surface area contributed by atoms with E-state index in [4.69, 9.17) is 4.98 Å². The lowest BCUT2D eigenvalue weighted by Crippen LogP contribution is -2.18. The molecule has 3 heterocycles. The van der Waals surface area contributed by atoms with Gasteiger partial charge in [-0.2, -0.15) is 0 Å². The summed E-state index contributed by atoms with van der Waals surface area (Å²) >= 11 is 0. The Bertz CT molecular complexity index is 1150. The first-order valence-electron chi connectivity index (χ1n) is 10.0. The second-order valence-electron chi connectivity index (χ2n) is 7.40. The number of nitrogens with zero attached hydrogens (tertiary/aromatic N) is 5. The summed E-state index contributed by atoms with van der Waals surface area (Å²) in [6, 6.07) is 12.4. The molecule has 0 aliphatic carbocycles. The fourth-order valence-electron chi connectivity index (χ4n) is 3.33. The van der Waals surface area contributed by atoms with Crippen molar-refractivity contribution < 1.29 is 4.39 Å². The Morgan fingerprint density at radius 2 is 1.87 bits per heavy atom. The standard InChI is InChI=1S/C23H25FN6/c1-4-29(3)15-19-11-12-25-23(27-19)26-13-20-22(17-6-8-18(24)9-7-17)28-21-10-5-16(2)14-30(20)21/h5-12,14H,4,13,15H2,1-3H3,(H,25,26,27). The van der Waals surface area contributed by atoms with Crippen molar-refractivity contribution in [1.82, 2.24) is 24.3 Å². The average Bonchev–Trinajstić information content (AvgIpc) is 3.10. The van der Waals surface area contributed by atoms with Crippen molar-refractivity contribution in [3.63, 3.8) is 0 Å². The molecule has 0 spiro atoms. The lowest BCUT2D eigenvalue weighted by atomic mass is 10.1. The molecule has 7 heteroatoms. The number of nitrogens with one attached hydrogen (secondary N) is 1. The first kappa shape index (κ1) is 20.0. The van der Waals surface area contributed by atoms with E-state index in [-0.39, 0.29) is 5.82 Å². The molecule has 4 aromatic rings. The zero-order valence-electron chi connectivity index (χ0n) is 17.4. The first-order chi connectivity index (χ1) is 14.5. The molecule has 4 rings (SSSR count). The molecule has 0 unspecified atom stereocenters. The van der Waals surface area contributed by atoms with Gasteiger partial charge >= 0.3 is 0 Å². The second kappa shape index (κ2) is 8.59. The molecule has 0 fully saturated rings. The third kappa shape index (κ3) is 4.31. The minimum absolute atomic E-state index is 0.264. The summed E-state index contributed by atoms with van der Waals surface area (Å²) in [5.41, 5.74) is 5.59. The van der Waals surface area contributed by atoms with Gasteiger partial charge in [-0.25, -0.2) is 19.3 Å². The lowest BCUT2D eigenvalue weighted by molar-refractivity contribution is 0.341. The molecule has 0 atom stereocenters. The third-order valence-electron chi connectivity index (χ3n) is 5.08. The predicted molar refractivity (Wildman–Crippen MR) is 117 cm³/mol. The molecule has 1 aromatic carbocycles. The van der Waals surface area contributed by atoms with Gasteiger partial charge in [0.05, 0.1) is 23.6 Å². The van der Waals surface area contributed by atoms with Gasteiger partial charge in [0.2, 0.25) is 5.95 Å². The van der Waals surface area contributed by atoms with Gasteiger partial charge in [-0.15, -0.1) is 0 Å². The van der Waals surface area contributed by atoms with E-state index in [1.807, 2.05) is 25.1 Å². The lowest BCUT2D eigenvalue weighted by Gasteiger charge is -2.13. The number of hydrogen-bond donors (Lipinski definition) is 1. The fraction of sp³-hybridized carbons (Fsp3) is 0.261. The SMILES string of the molecule is CCN(C)Cc1ccnc(NCc2c(-c3ccc(F)cc3)nc3ccc(C)cn23)n1. The van der Waals surface area contributed by atoms with Crippen molar-refractivity contribution in [3.8, 4) is 11.3 Å². The predicted octanol–water partition coefficient (Wildman–Crippen LogP) is 4.30. The zero-order chi connectivity index (χ0) is 21.1. The molecular weight excluding hydrogens is 379 g/mol. The number of pyridine rings is 1. The fourth-order valence-corrected chi connectivity index (χ4v) is 3.33. The van der Waals surface area contributed by atoms with Gasteiger partial charge < -0.3 is 14.6 Å². The molecule has 6 nitrogen and oxygen atoms in total. The molecule has 0 aliphatic heterocycles. The van der Waals surface area contributed by atoms with E-state index in [0.29, 0.717) is 12.5 Å². The van der Waals surface area contributed by atoms with Crippen LogP contribution >= 0.6 is 0 Å². The largest absolute Gasteiger partial charge is 0.349 e. The van der Waals surface area contributed by atoms with Crippen LogP contribution < -0.4 is 5.32 Å². The molecule has 0 radical (unpaired) electrons. The first-order valence-corrected chi connectivity index (χ1v) is 10.0. The van der Waals surface area contributed by atoms with Crippen molar-refractivity contribution in [2.24, 2.45) is 0 Å². The smallest absolute Gasteiger partial charge is 0.223 e. The highest BCUT2D eigenvalue weighted by Gasteiger charge is 2.15. The van der Waals surface area contributed by atoms with Crippen LogP contribution in [-0.2, 0) is 13.1 Å². The van der Waals surface area contributed by atoms with Crippen molar-refractivity contribution in [2.75, 3.05) is 18.9 Å². The summed E-state index contributed by atoms with van der Waals surface area (Å²) in [7, 11) is 2.06. The number of aromatic nitrogens is 4. The van der Waals surface area contributed by atoms with Gasteiger partial charge in [-0.3, -0.25) is 0 Å². The van der Waals surface area contributed by atoms with E-state index in [2.05, 4.69) is 44.8 Å². The van der Waals surface area contributed by atoms with E-state index >= 15 is 0 Å². The topological polar surface area (TPSA) is 58.4 Å². The monoisotopic (exact) mass is 404 g/mol. The molecular formula is C23H25FN6. The zero-order valence-corrected chi connectivity index (χ0v) is 17.4. The Morgan fingerprint density at radius 1 is 1.07 bits per heavy atom. The van der Waals surface area contributed by atoms with Crippen LogP contribution in [0.3, 0.4) is 0 Å². The summed E-state index contributed by atoms with van der Waals surface area (Å²) in [5, 5.41) is 3.34. The van der Waals surface area contributed by atoms with Crippen molar-refractivity contribution >= 4 is 11.6 Å². The number of benzene rings is 1. The number of anilines is 1. The maximum Gasteiger partial charge on any atom is 0.223 e. The van der Waals surface area contributed by atoms with Gasteiger partial charge in [0.25, 0.3) is 0 Å². The molecule has 0 amide bonds. The molecule has 0 bridgehead atoms. The van der Waals surface area contributed by atoms with Gasteiger partial charge in [0.1, 0.15) is 11.5 Å². The highest BCUT2D eigenvalue weighted by atomic mass is 19.1. The molecule has 0 saturated carbocycles. The van der Waals surface area contributed by atoms with Crippen LogP contribution in [-0.4, -0.2) is 37.8 Å². The van der Waals surface area contributed by atoms with E-state index in [9.17, 15) is 4.39 Å². The summed E-state index contributed by atoms with van der Waals surface area (Å²) in [6.07, 6.45) is 3.83. The van der Waals surface area contributed by atoms with Crippen LogP contribution in [0, 0.1) is 12.7 Å². The van der Waals surface area contributed by atoms with E-state index in [0.717, 1.165) is 46.9 Å². The Balaban J connectivity index is 1.66. The number of hydrogen-bond acceptors (Lipinski definition) is 5. The van der Waals surface area contributed by atoms with Crippen molar-refractivity contribution in [3.05, 3.63) is 77.6 Å². The third-order valence-corrected chi connectivity index (χ3v) is 5.08. The Labute approximate surface area is 175 Å². The van der Waals surface area contributed by atoms with Crippen LogP contribution in [0.15, 0.2) is 54.9 Å². The molecule has 154 valence electrons. The normalized spacial score (nSPS) is 11.4. The summed E-state index contributed by atoms with van der Waals surface area (Å²) < 4.78 is 15.5. The van der Waals surface area contributed by atoms with E-state index in [1.165, 1.54) is 12.1 Å². The molecule has 30 heavy (non-hydrogen) atoms. The number of fused-ring (bicyclic) bond motifs is 1. The summed E-state index contributed by atoms with van der Waals surface area (Å²) in [6.45, 7) is 6.37. The second-order valence-corrected chi connectivity index (χ2v) is 7.40. The quantitative estimate of drug-likeness (QED) is 0.498. The van der Waals surface area contributed by atoms with Crippen LogP contribution in [0.2, 0.25) is 0 Å². The number of rotatable bonds is 7. The van der Waals surface area contributed by atoms with Crippen LogP contribution in [0.1, 0.15) is 23.9 Å². The van der Waals surface area contributed by atoms with Gasteiger partial charge in [-0.05, 0) is 62.5 Å². The molecule has 1 N–H and O–H groups in total. The molecule has 0 aliphatic rings. The number of aryl methyl sites for hydroxylation is 1. The van der Waals surface area contributed by atoms with Crippen LogP contribution in [0.25, 0.3) is 16.9 Å². The molecule has 3 aromatic heterocycles. The van der Waals surface area contributed by atoms with Crippen molar-refractivity contribution in [2.45, 2.75) is 26.9 Å². The summed E-state index contributed by atoms with van der Waals surface area (Å²) in [5.74, 6) is 0.310. The molecule has 0 saturated heterocycles. The number of imidazole rings is 1. The summed E-state index contributed by atoms with van der Waals surface area (Å²) in [4.78, 5) is 16.0. The Morgan fingerprint density at radius 3 is 2.63 bits per heavy atom. The maximum absolute atomic E-state index is 13.4. The number of halogens is 1. The van der Waals surface area contributed by atoms with Gasteiger partial charge in [0, 0.05) is 24.5 Å². The highest BCUT2D eigenvalue weighted by Crippen LogP contribution is 2.26. The van der Waals surface area contributed by atoms with E-state index < -0.39 is 0 Å². The minimum Gasteiger partial charge on any atom is -0.349 e. The minimum atomic E-state index is -0.264. The van der Waals surface area contributed by atoms with Crippen molar-refractivity contribution in [1.29, 1.82) is 0 Å². The van der Waals surface area contributed by atoms with Crippen LogP contribution in [0.5, 0.6) is 0 Å². The van der Waals surface area contributed by atoms with Crippen LogP contribution in [0.4, 0.5) is 10.3 Å². The van der Waals surface area contributed by atoms with Gasteiger partial charge in [-0.1, -0.05) is 13.0 Å². The van der Waals surface area contributed by atoms with Gasteiger partial charge in [0.15, 0.2) is 0 Å². The van der Waals surface area contributed by atoms with E-state index in [1.54, 1.807) is 18.3 Å². The Kier molecular flexibility index (Phi) is 5.72. The maximum atomic E-state index is 13.4.